The number of carbonyl (C=O) groups excluding carboxylic acids is 1. The second-order valence-electron chi connectivity index (χ2n) is 5.80. The Bertz CT molecular complexity index is 472. The fourth-order valence-electron chi connectivity index (χ4n) is 2.74. The summed E-state index contributed by atoms with van der Waals surface area (Å²) < 4.78 is 18.2. The van der Waals surface area contributed by atoms with Gasteiger partial charge in [-0.15, -0.1) is 0 Å². The summed E-state index contributed by atoms with van der Waals surface area (Å²) in [5.41, 5.74) is 1.06. The molecule has 5 heteroatoms. The van der Waals surface area contributed by atoms with Crippen molar-refractivity contribution in [3.63, 3.8) is 0 Å². The molecule has 1 aliphatic rings. The maximum Gasteiger partial charge on any atom is 0.239 e. The van der Waals surface area contributed by atoms with Gasteiger partial charge in [-0.25, -0.2) is 4.39 Å². The van der Waals surface area contributed by atoms with Crippen molar-refractivity contribution in [1.82, 2.24) is 10.2 Å². The molecular formula is C17H25FN2O2. The summed E-state index contributed by atoms with van der Waals surface area (Å²) in [7, 11) is 0. The van der Waals surface area contributed by atoms with Crippen molar-refractivity contribution >= 4 is 5.91 Å². The highest BCUT2D eigenvalue weighted by atomic mass is 19.1. The molecule has 22 heavy (non-hydrogen) atoms. The van der Waals surface area contributed by atoms with Gasteiger partial charge < -0.3 is 15.0 Å². The molecule has 0 aromatic heterocycles. The Morgan fingerprint density at radius 2 is 1.95 bits per heavy atom. The van der Waals surface area contributed by atoms with Gasteiger partial charge in [0.05, 0.1) is 19.3 Å². The number of benzene rings is 1. The van der Waals surface area contributed by atoms with Crippen LogP contribution < -0.4 is 5.32 Å². The van der Waals surface area contributed by atoms with Crippen molar-refractivity contribution in [1.29, 1.82) is 0 Å². The first-order valence-corrected chi connectivity index (χ1v) is 7.97. The van der Waals surface area contributed by atoms with Crippen LogP contribution in [0.25, 0.3) is 0 Å². The molecule has 1 heterocycles. The highest BCUT2D eigenvalue weighted by molar-refractivity contribution is 5.82. The molecule has 1 aromatic rings. The molecule has 4 nitrogen and oxygen atoms in total. The summed E-state index contributed by atoms with van der Waals surface area (Å²) in [4.78, 5) is 14.4. The summed E-state index contributed by atoms with van der Waals surface area (Å²) in [5.74, 6) is -0.0740. The van der Waals surface area contributed by atoms with Crippen LogP contribution in [0.15, 0.2) is 24.3 Å². The van der Waals surface area contributed by atoms with E-state index < -0.39 is 0 Å². The van der Waals surface area contributed by atoms with Crippen LogP contribution in [0.3, 0.4) is 0 Å². The Kier molecular flexibility index (Phi) is 6.34. The zero-order valence-corrected chi connectivity index (χ0v) is 13.3. The molecule has 1 saturated heterocycles. The third-order valence-corrected chi connectivity index (χ3v) is 3.97. The molecule has 1 aliphatic heterocycles. The van der Waals surface area contributed by atoms with Crippen LogP contribution in [0.4, 0.5) is 4.39 Å². The standard InChI is InChI=1S/C17H25FN2O2/c1-3-16(17(21)20-8-10-22-11-9-20)19-13(2)12-14-4-6-15(18)7-5-14/h4-7,13,16,19H,3,8-12H2,1-2H3/t13-,16+/m0/s1. The monoisotopic (exact) mass is 308 g/mol. The van der Waals surface area contributed by atoms with Gasteiger partial charge in [-0.3, -0.25) is 4.79 Å². The number of nitrogens with zero attached hydrogens (tertiary/aromatic N) is 1. The number of morpholine rings is 1. The van der Waals surface area contributed by atoms with E-state index in [0.717, 1.165) is 18.4 Å². The number of hydrogen-bond donors (Lipinski definition) is 1. The van der Waals surface area contributed by atoms with Gasteiger partial charge in [0.2, 0.25) is 5.91 Å². The van der Waals surface area contributed by atoms with Crippen LogP contribution >= 0.6 is 0 Å². The Balaban J connectivity index is 1.88. The lowest BCUT2D eigenvalue weighted by Gasteiger charge is -2.31. The van der Waals surface area contributed by atoms with Gasteiger partial charge in [-0.1, -0.05) is 19.1 Å². The van der Waals surface area contributed by atoms with E-state index in [1.165, 1.54) is 12.1 Å². The molecule has 0 unspecified atom stereocenters. The third-order valence-electron chi connectivity index (χ3n) is 3.97. The summed E-state index contributed by atoms with van der Waals surface area (Å²) in [6, 6.07) is 6.50. The second-order valence-corrected chi connectivity index (χ2v) is 5.80. The van der Waals surface area contributed by atoms with Crippen molar-refractivity contribution in [3.05, 3.63) is 35.6 Å². The van der Waals surface area contributed by atoms with Crippen LogP contribution in [0, 0.1) is 5.82 Å². The number of hydrogen-bond acceptors (Lipinski definition) is 3. The molecule has 1 N–H and O–H groups in total. The number of halogens is 1. The SMILES string of the molecule is CC[C@@H](N[C@@H](C)Cc1ccc(F)cc1)C(=O)N1CCOCC1. The highest BCUT2D eigenvalue weighted by Crippen LogP contribution is 2.09. The first-order valence-electron chi connectivity index (χ1n) is 7.97. The quantitative estimate of drug-likeness (QED) is 0.874. The van der Waals surface area contributed by atoms with Gasteiger partial charge in [0.25, 0.3) is 0 Å². The molecule has 2 atom stereocenters. The zero-order chi connectivity index (χ0) is 15.9. The first-order chi connectivity index (χ1) is 10.6. The lowest BCUT2D eigenvalue weighted by Crippen LogP contribution is -2.52. The number of nitrogens with one attached hydrogen (secondary N) is 1. The Morgan fingerprint density at radius 1 is 1.32 bits per heavy atom. The lowest BCUT2D eigenvalue weighted by molar-refractivity contribution is -0.137. The predicted octanol–water partition coefficient (Wildman–Crippen LogP) is 1.98. The van der Waals surface area contributed by atoms with Gasteiger partial charge in [0.15, 0.2) is 0 Å². The number of ether oxygens (including phenoxy) is 1. The highest BCUT2D eigenvalue weighted by Gasteiger charge is 2.25. The first kappa shape index (κ1) is 16.9. The van der Waals surface area contributed by atoms with Gasteiger partial charge in [0, 0.05) is 19.1 Å². The second kappa shape index (κ2) is 8.25. The van der Waals surface area contributed by atoms with Gasteiger partial charge in [0.1, 0.15) is 5.82 Å². The van der Waals surface area contributed by atoms with E-state index in [0.29, 0.717) is 26.3 Å². The van der Waals surface area contributed by atoms with Crippen LogP contribution in [0.5, 0.6) is 0 Å². The van der Waals surface area contributed by atoms with Crippen molar-refractivity contribution in [2.75, 3.05) is 26.3 Å². The van der Waals surface area contributed by atoms with E-state index in [4.69, 9.17) is 4.74 Å². The summed E-state index contributed by atoms with van der Waals surface area (Å²) in [5, 5.41) is 3.40. The average molecular weight is 308 g/mol. The number of rotatable bonds is 6. The van der Waals surface area contributed by atoms with E-state index in [1.807, 2.05) is 11.8 Å². The molecular weight excluding hydrogens is 283 g/mol. The van der Waals surface area contributed by atoms with Gasteiger partial charge in [-0.2, -0.15) is 0 Å². The fourth-order valence-corrected chi connectivity index (χ4v) is 2.74. The summed E-state index contributed by atoms with van der Waals surface area (Å²) in [6.07, 6.45) is 1.52. The Labute approximate surface area is 131 Å². The molecule has 1 fully saturated rings. The van der Waals surface area contributed by atoms with Gasteiger partial charge in [-0.05, 0) is 37.5 Å². The molecule has 0 aliphatic carbocycles. The van der Waals surface area contributed by atoms with E-state index in [9.17, 15) is 9.18 Å². The molecule has 1 aromatic carbocycles. The van der Waals surface area contributed by atoms with Crippen LogP contribution in [-0.4, -0.2) is 49.2 Å². The number of carbonyl (C=O) groups is 1. The minimum absolute atomic E-state index is 0.150. The van der Waals surface area contributed by atoms with E-state index >= 15 is 0 Å². The molecule has 2 rings (SSSR count). The van der Waals surface area contributed by atoms with Crippen molar-refractivity contribution in [2.45, 2.75) is 38.8 Å². The largest absolute Gasteiger partial charge is 0.378 e. The molecule has 1 amide bonds. The van der Waals surface area contributed by atoms with E-state index in [2.05, 4.69) is 12.2 Å². The van der Waals surface area contributed by atoms with Crippen LogP contribution in [0.1, 0.15) is 25.8 Å². The molecule has 0 spiro atoms. The maximum absolute atomic E-state index is 12.9. The zero-order valence-electron chi connectivity index (χ0n) is 13.3. The third kappa shape index (κ3) is 4.78. The predicted molar refractivity (Wildman–Crippen MR) is 84.2 cm³/mol. The van der Waals surface area contributed by atoms with Crippen molar-refractivity contribution < 1.29 is 13.9 Å². The smallest absolute Gasteiger partial charge is 0.239 e. The molecule has 0 saturated carbocycles. The van der Waals surface area contributed by atoms with E-state index in [-0.39, 0.29) is 23.8 Å². The van der Waals surface area contributed by atoms with Crippen molar-refractivity contribution in [2.24, 2.45) is 0 Å². The fraction of sp³-hybridized carbons (Fsp3) is 0.588. The molecule has 122 valence electrons. The van der Waals surface area contributed by atoms with E-state index in [1.54, 1.807) is 12.1 Å². The maximum atomic E-state index is 12.9. The minimum Gasteiger partial charge on any atom is -0.378 e. The lowest BCUT2D eigenvalue weighted by atomic mass is 10.1. The van der Waals surface area contributed by atoms with Gasteiger partial charge >= 0.3 is 0 Å². The van der Waals surface area contributed by atoms with Crippen LogP contribution in [0.2, 0.25) is 0 Å². The topological polar surface area (TPSA) is 41.6 Å². The average Bonchev–Trinajstić information content (AvgIpc) is 2.55. The molecule has 0 bridgehead atoms. The minimum atomic E-state index is -0.224. The number of amides is 1. The Morgan fingerprint density at radius 3 is 2.55 bits per heavy atom. The normalized spacial score (nSPS) is 18.0. The summed E-state index contributed by atoms with van der Waals surface area (Å²) >= 11 is 0. The van der Waals surface area contributed by atoms with Crippen molar-refractivity contribution in [3.8, 4) is 0 Å². The van der Waals surface area contributed by atoms with Crippen LogP contribution in [-0.2, 0) is 16.0 Å². The molecule has 0 radical (unpaired) electrons. The Hall–Kier alpha value is -1.46. The summed E-state index contributed by atoms with van der Waals surface area (Å²) in [6.45, 7) is 6.65.